The van der Waals surface area contributed by atoms with E-state index in [0.717, 1.165) is 20.4 Å². The van der Waals surface area contributed by atoms with E-state index in [9.17, 15) is 0 Å². The molecule has 0 aliphatic rings. The van der Waals surface area contributed by atoms with Gasteiger partial charge in [0.15, 0.2) is 0 Å². The van der Waals surface area contributed by atoms with Crippen LogP contribution in [0.4, 0.5) is 0 Å². The largest absolute Gasteiger partial charge is 1.00 e. The molecule has 0 amide bonds. The Kier molecular flexibility index (Phi) is 11.6. The van der Waals surface area contributed by atoms with Gasteiger partial charge in [-0.3, -0.25) is 0 Å². The second-order valence-corrected chi connectivity index (χ2v) is 4.94. The average molecular weight is 372 g/mol. The summed E-state index contributed by atoms with van der Waals surface area (Å²) in [5.41, 5.74) is 1.07. The van der Waals surface area contributed by atoms with Crippen LogP contribution in [0.15, 0.2) is 28.9 Å². The molecule has 5 nitrogen and oxygen atoms in total. The van der Waals surface area contributed by atoms with Gasteiger partial charge in [0.05, 0.1) is 12.8 Å². The van der Waals surface area contributed by atoms with Crippen LogP contribution >= 0.6 is 35.4 Å². The summed E-state index contributed by atoms with van der Waals surface area (Å²) in [6.07, 6.45) is 1.88. The molecular weight excluding hydrogens is 366 g/mol. The van der Waals surface area contributed by atoms with Crippen LogP contribution < -0.4 is 68.9 Å². The first-order valence-electron chi connectivity index (χ1n) is 3.95. The third kappa shape index (κ3) is 8.04. The van der Waals surface area contributed by atoms with E-state index in [1.165, 1.54) is 0 Å². The van der Waals surface area contributed by atoms with Gasteiger partial charge in [0.1, 0.15) is 0 Å². The third-order valence-corrected chi connectivity index (χ3v) is 2.92. The minimum Gasteiger partial charge on any atom is -0.790 e. The van der Waals surface area contributed by atoms with Gasteiger partial charge in [-0.1, -0.05) is 11.6 Å². The minimum absolute atomic E-state index is 0. The number of benzene rings is 1. The van der Waals surface area contributed by atoms with Crippen LogP contribution in [0, 0.1) is 0 Å². The van der Waals surface area contributed by atoms with Crippen molar-refractivity contribution in [2.75, 3.05) is 0 Å². The molecule has 0 unspecified atom stereocenters. The molecule has 0 fully saturated rings. The summed E-state index contributed by atoms with van der Waals surface area (Å²) in [6.45, 7) is 0. The molecule has 0 saturated carbocycles. The molecule has 0 aliphatic carbocycles. The smallest absolute Gasteiger partial charge is 0.790 e. The Morgan fingerprint density at radius 2 is 1.78 bits per heavy atom. The van der Waals surface area contributed by atoms with E-state index in [1.54, 1.807) is 0 Å². The van der Waals surface area contributed by atoms with Crippen molar-refractivity contribution in [2.24, 2.45) is 0 Å². The van der Waals surface area contributed by atoms with Crippen LogP contribution in [0.5, 0.6) is 0 Å². The van der Waals surface area contributed by atoms with E-state index >= 15 is 0 Å². The maximum absolute atomic E-state index is 8.66. The van der Waals surface area contributed by atoms with E-state index in [0.29, 0.717) is 0 Å². The summed E-state index contributed by atoms with van der Waals surface area (Å²) >= 11 is 9.36. The summed E-state index contributed by atoms with van der Waals surface area (Å²) in [5.74, 6) is 0. The molecule has 2 aromatic rings. The maximum Gasteiger partial charge on any atom is 1.00 e. The standard InChI is InChI=1S/C8H5BrClN.2Na.H3O4P/c9-6-1-2-7-5(8(6)10)3-4-11-7;;;1-5(2,3)4/h1-4,11H;;;(H3,1,2,3,4)/q;2*+1;/p-2. The van der Waals surface area contributed by atoms with Gasteiger partial charge in [0, 0.05) is 21.6 Å². The van der Waals surface area contributed by atoms with Crippen molar-refractivity contribution in [1.82, 2.24) is 4.98 Å². The van der Waals surface area contributed by atoms with E-state index in [1.807, 2.05) is 24.4 Å². The fourth-order valence-electron chi connectivity index (χ4n) is 1.07. The second kappa shape index (κ2) is 9.55. The van der Waals surface area contributed by atoms with Gasteiger partial charge in [0.25, 0.3) is 0 Å². The average Bonchev–Trinajstić information content (AvgIpc) is 2.57. The molecule has 0 radical (unpaired) electrons. The summed E-state index contributed by atoms with van der Waals surface area (Å²) in [4.78, 5) is 27.4. The molecule has 18 heavy (non-hydrogen) atoms. The van der Waals surface area contributed by atoms with Crippen LogP contribution in [0.3, 0.4) is 0 Å². The monoisotopic (exact) mass is 371 g/mol. The van der Waals surface area contributed by atoms with Crippen molar-refractivity contribution in [1.29, 1.82) is 0 Å². The van der Waals surface area contributed by atoms with Crippen LogP contribution in [0.2, 0.25) is 5.02 Å². The zero-order valence-electron chi connectivity index (χ0n) is 9.68. The van der Waals surface area contributed by atoms with E-state index in [-0.39, 0.29) is 59.1 Å². The molecule has 0 saturated heterocycles. The summed E-state index contributed by atoms with van der Waals surface area (Å²) in [6, 6.07) is 5.88. The summed E-state index contributed by atoms with van der Waals surface area (Å²) in [5, 5.41) is 1.82. The van der Waals surface area contributed by atoms with Crippen LogP contribution in [0.1, 0.15) is 0 Å². The van der Waals surface area contributed by atoms with Gasteiger partial charge in [0.2, 0.25) is 0 Å². The number of nitrogens with one attached hydrogen (secondary N) is 1. The number of hydrogen-bond acceptors (Lipinski definition) is 3. The Morgan fingerprint density at radius 3 is 2.28 bits per heavy atom. The van der Waals surface area contributed by atoms with Crippen molar-refractivity contribution in [3.05, 3.63) is 33.9 Å². The van der Waals surface area contributed by atoms with Crippen molar-refractivity contribution in [2.45, 2.75) is 0 Å². The minimum atomic E-state index is -5.14. The van der Waals surface area contributed by atoms with Crippen LogP contribution in [0.25, 0.3) is 10.9 Å². The normalized spacial score (nSPS) is 9.83. The number of fused-ring (bicyclic) bond motifs is 1. The molecule has 0 spiro atoms. The zero-order valence-corrected chi connectivity index (χ0v) is 16.9. The summed E-state index contributed by atoms with van der Waals surface area (Å²) in [7, 11) is -5.14. The summed E-state index contributed by atoms with van der Waals surface area (Å²) < 4.78 is 9.60. The van der Waals surface area contributed by atoms with Crippen molar-refractivity contribution in [3.8, 4) is 0 Å². The molecular formula is C8H6BrClNNa2O4P. The molecule has 1 heterocycles. The Bertz CT molecular complexity index is 539. The molecule has 1 aromatic heterocycles. The van der Waals surface area contributed by atoms with Gasteiger partial charge in [-0.05, 0) is 34.1 Å². The third-order valence-electron chi connectivity index (χ3n) is 1.62. The first-order valence-corrected chi connectivity index (χ1v) is 6.61. The van der Waals surface area contributed by atoms with Gasteiger partial charge in [-0.25, -0.2) is 0 Å². The Labute approximate surface area is 161 Å². The molecule has 2 N–H and O–H groups in total. The van der Waals surface area contributed by atoms with Crippen LogP contribution in [-0.4, -0.2) is 9.88 Å². The predicted molar refractivity (Wildman–Crippen MR) is 60.8 cm³/mol. The van der Waals surface area contributed by atoms with Gasteiger partial charge in [-0.15, -0.1) is 0 Å². The first kappa shape index (κ1) is 21.9. The molecule has 2 rings (SSSR count). The van der Waals surface area contributed by atoms with Gasteiger partial charge in [-0.2, -0.15) is 0 Å². The number of halogens is 2. The predicted octanol–water partition coefficient (Wildman–Crippen LogP) is -4.60. The van der Waals surface area contributed by atoms with Gasteiger partial charge >= 0.3 is 59.1 Å². The van der Waals surface area contributed by atoms with Crippen molar-refractivity contribution < 1.29 is 78.4 Å². The number of phosphoric acid groups is 1. The zero-order chi connectivity index (χ0) is 12.3. The molecule has 88 valence electrons. The molecule has 0 bridgehead atoms. The van der Waals surface area contributed by atoms with Crippen molar-refractivity contribution in [3.63, 3.8) is 0 Å². The second-order valence-electron chi connectivity index (χ2n) is 2.77. The molecule has 10 heteroatoms. The SMILES string of the molecule is Clc1c(Br)ccc2[nH]ccc12.O=P([O-])([O-])O.[Na+].[Na+]. The number of aromatic amines is 1. The first-order chi connectivity index (χ1) is 7.29. The fourth-order valence-corrected chi connectivity index (χ4v) is 1.64. The van der Waals surface area contributed by atoms with Gasteiger partial charge < -0.3 is 24.2 Å². The molecule has 0 aliphatic heterocycles. The van der Waals surface area contributed by atoms with E-state index in [2.05, 4.69) is 20.9 Å². The quantitative estimate of drug-likeness (QED) is 0.359. The number of hydrogen-bond donors (Lipinski definition) is 2. The fraction of sp³-hybridized carbons (Fsp3) is 0. The Balaban J connectivity index is 0. The molecule has 1 aromatic carbocycles. The molecule has 0 atom stereocenters. The van der Waals surface area contributed by atoms with Crippen molar-refractivity contribution >= 4 is 46.3 Å². The van der Waals surface area contributed by atoms with E-state index < -0.39 is 7.82 Å². The maximum atomic E-state index is 8.66. The number of rotatable bonds is 0. The topological polar surface area (TPSA) is 99.2 Å². The van der Waals surface area contributed by atoms with Crippen LogP contribution in [-0.2, 0) is 4.57 Å². The Morgan fingerprint density at radius 1 is 1.28 bits per heavy atom. The Hall–Kier alpha value is 1.64. The van der Waals surface area contributed by atoms with E-state index in [4.69, 9.17) is 30.8 Å². The number of aromatic nitrogens is 1. The number of H-pyrrole nitrogens is 1.